The second-order valence-electron chi connectivity index (χ2n) is 4.92. The number of rotatable bonds is 2. The number of aryl methyl sites for hydroxylation is 1. The first-order chi connectivity index (χ1) is 8.61. The SMILES string of the molecule is C=C(C)c1cccc(C)c1/C(C)=C1/C=CC=CC1. The van der Waals surface area contributed by atoms with Crippen LogP contribution >= 0.6 is 0 Å². The number of allylic oxidation sites excluding steroid dienone is 7. The largest absolute Gasteiger partial charge is 0.0955 e. The molecule has 1 aliphatic rings. The van der Waals surface area contributed by atoms with E-state index in [9.17, 15) is 0 Å². The van der Waals surface area contributed by atoms with Crippen LogP contribution in [0.4, 0.5) is 0 Å². The molecule has 0 fully saturated rings. The standard InChI is InChI=1S/C18H20/c1-13(2)17-12-8-9-14(3)18(17)15(4)16-10-6-5-7-11-16/h5-10,12H,1,11H2,2-4H3/b16-15-. The molecule has 0 unspecified atom stereocenters. The third-order valence-electron chi connectivity index (χ3n) is 3.47. The van der Waals surface area contributed by atoms with Gasteiger partial charge < -0.3 is 0 Å². The Morgan fingerprint density at radius 3 is 2.56 bits per heavy atom. The molecule has 0 bridgehead atoms. The molecule has 0 spiro atoms. The Morgan fingerprint density at radius 1 is 1.17 bits per heavy atom. The van der Waals surface area contributed by atoms with E-state index in [1.165, 1.54) is 27.8 Å². The number of hydrogen-bond acceptors (Lipinski definition) is 0. The third-order valence-corrected chi connectivity index (χ3v) is 3.47. The fourth-order valence-electron chi connectivity index (χ4n) is 2.47. The summed E-state index contributed by atoms with van der Waals surface area (Å²) < 4.78 is 0. The van der Waals surface area contributed by atoms with Crippen LogP contribution < -0.4 is 0 Å². The Hall–Kier alpha value is -1.82. The predicted octanol–water partition coefficient (Wildman–Crippen LogP) is 5.32. The first-order valence-electron chi connectivity index (χ1n) is 6.40. The first kappa shape index (κ1) is 12.6. The van der Waals surface area contributed by atoms with Gasteiger partial charge in [-0.25, -0.2) is 0 Å². The zero-order chi connectivity index (χ0) is 13.1. The van der Waals surface area contributed by atoms with Crippen LogP contribution in [-0.4, -0.2) is 0 Å². The molecule has 1 aromatic carbocycles. The van der Waals surface area contributed by atoms with E-state index in [0.717, 1.165) is 12.0 Å². The Labute approximate surface area is 110 Å². The van der Waals surface area contributed by atoms with Crippen LogP contribution in [0.15, 0.2) is 54.7 Å². The molecule has 2 rings (SSSR count). The highest BCUT2D eigenvalue weighted by molar-refractivity contribution is 5.81. The number of hydrogen-bond donors (Lipinski definition) is 0. The summed E-state index contributed by atoms with van der Waals surface area (Å²) >= 11 is 0. The lowest BCUT2D eigenvalue weighted by molar-refractivity contribution is 1.24. The molecule has 92 valence electrons. The van der Waals surface area contributed by atoms with Gasteiger partial charge >= 0.3 is 0 Å². The molecule has 0 aliphatic heterocycles. The summed E-state index contributed by atoms with van der Waals surface area (Å²) in [7, 11) is 0. The third kappa shape index (κ3) is 2.38. The van der Waals surface area contributed by atoms with Gasteiger partial charge in [0.05, 0.1) is 0 Å². The van der Waals surface area contributed by atoms with E-state index in [2.05, 4.69) is 69.9 Å². The van der Waals surface area contributed by atoms with E-state index in [4.69, 9.17) is 0 Å². The summed E-state index contributed by atoms with van der Waals surface area (Å²) in [6.45, 7) is 10.6. The smallest absolute Gasteiger partial charge is 0.00915 e. The molecule has 0 heteroatoms. The van der Waals surface area contributed by atoms with E-state index in [1.54, 1.807) is 0 Å². The van der Waals surface area contributed by atoms with Gasteiger partial charge in [0.1, 0.15) is 0 Å². The van der Waals surface area contributed by atoms with Crippen molar-refractivity contribution in [2.75, 3.05) is 0 Å². The monoisotopic (exact) mass is 236 g/mol. The second-order valence-corrected chi connectivity index (χ2v) is 4.92. The van der Waals surface area contributed by atoms with Gasteiger partial charge in [-0.3, -0.25) is 0 Å². The van der Waals surface area contributed by atoms with E-state index >= 15 is 0 Å². The summed E-state index contributed by atoms with van der Waals surface area (Å²) in [6.07, 6.45) is 9.66. The van der Waals surface area contributed by atoms with Crippen molar-refractivity contribution in [3.8, 4) is 0 Å². The predicted molar refractivity (Wildman–Crippen MR) is 81.4 cm³/mol. The summed E-state index contributed by atoms with van der Waals surface area (Å²) in [4.78, 5) is 0. The highest BCUT2D eigenvalue weighted by Crippen LogP contribution is 2.31. The molecular weight excluding hydrogens is 216 g/mol. The maximum absolute atomic E-state index is 4.10. The molecular formula is C18H20. The Bertz CT molecular complexity index is 566. The van der Waals surface area contributed by atoms with Crippen molar-refractivity contribution in [3.63, 3.8) is 0 Å². The molecule has 0 nitrogen and oxygen atoms in total. The van der Waals surface area contributed by atoms with Gasteiger partial charge in [-0.15, -0.1) is 0 Å². The lowest BCUT2D eigenvalue weighted by atomic mass is 9.88. The quantitative estimate of drug-likeness (QED) is 0.652. The molecule has 0 aromatic heterocycles. The highest BCUT2D eigenvalue weighted by Gasteiger charge is 2.11. The summed E-state index contributed by atoms with van der Waals surface area (Å²) in [5.41, 5.74) is 7.83. The van der Waals surface area contributed by atoms with E-state index < -0.39 is 0 Å². The van der Waals surface area contributed by atoms with Crippen LogP contribution in [0.5, 0.6) is 0 Å². The van der Waals surface area contributed by atoms with Gasteiger partial charge in [0.25, 0.3) is 0 Å². The second kappa shape index (κ2) is 5.22. The molecule has 0 heterocycles. The molecule has 0 N–H and O–H groups in total. The molecule has 0 atom stereocenters. The topological polar surface area (TPSA) is 0 Å². The number of benzene rings is 1. The van der Waals surface area contributed by atoms with E-state index in [0.29, 0.717) is 0 Å². The van der Waals surface area contributed by atoms with E-state index in [1.807, 2.05) is 0 Å². The fourth-order valence-corrected chi connectivity index (χ4v) is 2.47. The van der Waals surface area contributed by atoms with Crippen LogP contribution in [0.2, 0.25) is 0 Å². The molecule has 0 amide bonds. The van der Waals surface area contributed by atoms with Crippen molar-refractivity contribution >= 4 is 11.1 Å². The van der Waals surface area contributed by atoms with Gasteiger partial charge in [0, 0.05) is 0 Å². The van der Waals surface area contributed by atoms with Crippen molar-refractivity contribution < 1.29 is 0 Å². The van der Waals surface area contributed by atoms with Crippen LogP contribution in [-0.2, 0) is 0 Å². The normalized spacial score (nSPS) is 16.8. The summed E-state index contributed by atoms with van der Waals surface area (Å²) in [6, 6.07) is 6.45. The minimum Gasteiger partial charge on any atom is -0.0955 e. The Balaban J connectivity index is 2.60. The van der Waals surface area contributed by atoms with E-state index in [-0.39, 0.29) is 0 Å². The molecule has 0 saturated carbocycles. The zero-order valence-electron chi connectivity index (χ0n) is 11.5. The lowest BCUT2D eigenvalue weighted by Gasteiger charge is -2.16. The Kier molecular flexibility index (Phi) is 3.66. The maximum Gasteiger partial charge on any atom is -0.00915 e. The van der Waals surface area contributed by atoms with Gasteiger partial charge in [-0.2, -0.15) is 0 Å². The Morgan fingerprint density at radius 2 is 1.94 bits per heavy atom. The van der Waals surface area contributed by atoms with Crippen LogP contribution in [0.3, 0.4) is 0 Å². The van der Waals surface area contributed by atoms with Crippen molar-refractivity contribution in [3.05, 3.63) is 71.3 Å². The van der Waals surface area contributed by atoms with Crippen molar-refractivity contribution in [2.45, 2.75) is 27.2 Å². The highest BCUT2D eigenvalue weighted by atomic mass is 14.2. The summed E-state index contributed by atoms with van der Waals surface area (Å²) in [5, 5.41) is 0. The molecule has 18 heavy (non-hydrogen) atoms. The van der Waals surface area contributed by atoms with Gasteiger partial charge in [-0.05, 0) is 55.0 Å². The summed E-state index contributed by atoms with van der Waals surface area (Å²) in [5.74, 6) is 0. The van der Waals surface area contributed by atoms with Gasteiger partial charge in [-0.1, -0.05) is 54.7 Å². The van der Waals surface area contributed by atoms with Crippen LogP contribution in [0.25, 0.3) is 11.1 Å². The molecule has 0 saturated heterocycles. The zero-order valence-corrected chi connectivity index (χ0v) is 11.5. The minimum atomic E-state index is 1.02. The lowest BCUT2D eigenvalue weighted by Crippen LogP contribution is -1.96. The average molecular weight is 236 g/mol. The van der Waals surface area contributed by atoms with Crippen molar-refractivity contribution in [2.24, 2.45) is 0 Å². The first-order valence-corrected chi connectivity index (χ1v) is 6.40. The van der Waals surface area contributed by atoms with Crippen LogP contribution in [0, 0.1) is 6.92 Å². The fraction of sp³-hybridized carbons (Fsp3) is 0.222. The van der Waals surface area contributed by atoms with Gasteiger partial charge in [0.2, 0.25) is 0 Å². The minimum absolute atomic E-state index is 1.02. The van der Waals surface area contributed by atoms with Crippen LogP contribution in [0.1, 0.15) is 37.0 Å². The maximum atomic E-state index is 4.10. The van der Waals surface area contributed by atoms with Crippen molar-refractivity contribution in [1.82, 2.24) is 0 Å². The molecule has 1 aromatic rings. The average Bonchev–Trinajstić information content (AvgIpc) is 2.38. The van der Waals surface area contributed by atoms with Gasteiger partial charge in [0.15, 0.2) is 0 Å². The molecule has 0 radical (unpaired) electrons. The molecule has 1 aliphatic carbocycles. The van der Waals surface area contributed by atoms with Crippen molar-refractivity contribution in [1.29, 1.82) is 0 Å².